The average Bonchev–Trinajstić information content (AvgIpc) is 2.47. The minimum atomic E-state index is -3.56. The summed E-state index contributed by atoms with van der Waals surface area (Å²) in [5.41, 5.74) is 1.18. The quantitative estimate of drug-likeness (QED) is 0.891. The summed E-state index contributed by atoms with van der Waals surface area (Å²) in [6, 6.07) is 4.76. The van der Waals surface area contributed by atoms with Crippen LogP contribution in [0, 0.1) is 6.92 Å². The van der Waals surface area contributed by atoms with Gasteiger partial charge in [-0.15, -0.1) is 0 Å². The van der Waals surface area contributed by atoms with Gasteiger partial charge in [0.25, 0.3) is 5.91 Å². The number of carbonyl (C=O) groups excluding carboxylic acids is 1. The molecule has 1 amide bonds. The first-order valence-electron chi connectivity index (χ1n) is 7.82. The molecule has 0 radical (unpaired) electrons. The van der Waals surface area contributed by atoms with Crippen LogP contribution >= 0.6 is 0 Å². The number of nitrogens with zero attached hydrogens (tertiary/aromatic N) is 2. The Morgan fingerprint density at radius 2 is 1.78 bits per heavy atom. The number of hydrogen-bond acceptors (Lipinski definition) is 4. The van der Waals surface area contributed by atoms with E-state index in [-0.39, 0.29) is 16.8 Å². The van der Waals surface area contributed by atoms with Crippen molar-refractivity contribution >= 4 is 15.9 Å². The molecule has 6 nitrogen and oxygen atoms in total. The normalized spacial score (nSPS) is 17.4. The molecular weight excluding hydrogens is 314 g/mol. The number of piperazine rings is 1. The number of nitrogens with one attached hydrogen (secondary N) is 1. The van der Waals surface area contributed by atoms with E-state index in [2.05, 4.69) is 10.2 Å². The summed E-state index contributed by atoms with van der Waals surface area (Å²) in [5, 5.41) is 2.81. The van der Waals surface area contributed by atoms with Crippen LogP contribution in [-0.4, -0.2) is 62.8 Å². The maximum Gasteiger partial charge on any atom is 0.251 e. The zero-order chi connectivity index (χ0) is 17.2. The Labute approximate surface area is 138 Å². The number of carbonyl (C=O) groups is 1. The Balaban J connectivity index is 2.31. The fourth-order valence-electron chi connectivity index (χ4n) is 2.52. The van der Waals surface area contributed by atoms with E-state index in [1.54, 1.807) is 12.1 Å². The fraction of sp³-hybridized carbons (Fsp3) is 0.562. The van der Waals surface area contributed by atoms with Crippen LogP contribution in [0.15, 0.2) is 23.1 Å². The van der Waals surface area contributed by atoms with E-state index >= 15 is 0 Å². The van der Waals surface area contributed by atoms with Crippen LogP contribution in [-0.2, 0) is 10.0 Å². The molecule has 1 aliphatic rings. The van der Waals surface area contributed by atoms with Gasteiger partial charge in [0.05, 0.1) is 4.90 Å². The molecule has 7 heteroatoms. The molecule has 0 atom stereocenters. The molecule has 1 aliphatic heterocycles. The molecule has 1 aromatic rings. The third-order valence-corrected chi connectivity index (χ3v) is 5.87. The van der Waals surface area contributed by atoms with Crippen molar-refractivity contribution in [3.63, 3.8) is 0 Å². The predicted octanol–water partition coefficient (Wildman–Crippen LogP) is 1.07. The van der Waals surface area contributed by atoms with Crippen molar-refractivity contribution in [2.75, 3.05) is 33.2 Å². The highest BCUT2D eigenvalue weighted by Gasteiger charge is 2.28. The average molecular weight is 339 g/mol. The first kappa shape index (κ1) is 17.9. The van der Waals surface area contributed by atoms with E-state index in [9.17, 15) is 13.2 Å². The zero-order valence-corrected chi connectivity index (χ0v) is 15.0. The van der Waals surface area contributed by atoms with Crippen molar-refractivity contribution in [1.29, 1.82) is 0 Å². The molecule has 0 bridgehead atoms. The fourth-order valence-corrected chi connectivity index (χ4v) is 3.97. The van der Waals surface area contributed by atoms with Crippen molar-refractivity contribution in [2.45, 2.75) is 31.7 Å². The lowest BCUT2D eigenvalue weighted by atomic mass is 10.1. The van der Waals surface area contributed by atoms with Crippen LogP contribution in [0.25, 0.3) is 0 Å². The Kier molecular flexibility index (Phi) is 5.44. The maximum atomic E-state index is 12.8. The van der Waals surface area contributed by atoms with Crippen LogP contribution in [0.5, 0.6) is 0 Å². The predicted molar refractivity (Wildman–Crippen MR) is 90.0 cm³/mol. The van der Waals surface area contributed by atoms with Crippen LogP contribution in [0.3, 0.4) is 0 Å². The van der Waals surface area contributed by atoms with Gasteiger partial charge in [-0.25, -0.2) is 8.42 Å². The van der Waals surface area contributed by atoms with Gasteiger partial charge in [-0.2, -0.15) is 4.31 Å². The number of aryl methyl sites for hydroxylation is 1. The van der Waals surface area contributed by atoms with Crippen LogP contribution < -0.4 is 5.32 Å². The van der Waals surface area contributed by atoms with Gasteiger partial charge in [-0.1, -0.05) is 6.07 Å². The van der Waals surface area contributed by atoms with Gasteiger partial charge in [0.2, 0.25) is 10.0 Å². The largest absolute Gasteiger partial charge is 0.350 e. The van der Waals surface area contributed by atoms with Crippen molar-refractivity contribution in [3.8, 4) is 0 Å². The molecule has 0 unspecified atom stereocenters. The minimum Gasteiger partial charge on any atom is -0.350 e. The second-order valence-corrected chi connectivity index (χ2v) is 8.25. The summed E-state index contributed by atoms with van der Waals surface area (Å²) in [6.07, 6.45) is 0. The van der Waals surface area contributed by atoms with E-state index in [1.807, 2.05) is 27.8 Å². The summed E-state index contributed by atoms with van der Waals surface area (Å²) in [6.45, 7) is 7.93. The van der Waals surface area contributed by atoms with Crippen LogP contribution in [0.2, 0.25) is 0 Å². The van der Waals surface area contributed by atoms with Crippen LogP contribution in [0.4, 0.5) is 0 Å². The highest BCUT2D eigenvalue weighted by molar-refractivity contribution is 7.89. The first-order valence-corrected chi connectivity index (χ1v) is 9.26. The van der Waals surface area contributed by atoms with Gasteiger partial charge < -0.3 is 10.2 Å². The smallest absolute Gasteiger partial charge is 0.251 e. The minimum absolute atomic E-state index is 0.000190. The molecule has 23 heavy (non-hydrogen) atoms. The molecule has 1 aromatic carbocycles. The molecule has 2 rings (SSSR count). The molecule has 0 aromatic heterocycles. The van der Waals surface area contributed by atoms with Crippen molar-refractivity contribution < 1.29 is 13.2 Å². The second kappa shape index (κ2) is 6.98. The maximum absolute atomic E-state index is 12.8. The Morgan fingerprint density at radius 3 is 2.35 bits per heavy atom. The van der Waals surface area contributed by atoms with Crippen molar-refractivity contribution in [1.82, 2.24) is 14.5 Å². The lowest BCUT2D eigenvalue weighted by Crippen LogP contribution is -2.47. The Bertz CT molecular complexity index is 678. The summed E-state index contributed by atoms with van der Waals surface area (Å²) in [4.78, 5) is 14.5. The van der Waals surface area contributed by atoms with Gasteiger partial charge in [0.15, 0.2) is 0 Å². The number of benzene rings is 1. The standard InChI is InChI=1S/C16H25N3O3S/c1-12(2)17-16(20)15-11-14(6-5-13(15)3)23(21,22)19-9-7-18(4)8-10-19/h5-6,11-12H,7-10H2,1-4H3,(H,17,20). The third-order valence-electron chi connectivity index (χ3n) is 3.97. The van der Waals surface area contributed by atoms with E-state index in [1.165, 1.54) is 10.4 Å². The number of rotatable bonds is 4. The number of amides is 1. The van der Waals surface area contributed by atoms with Gasteiger partial charge in [0, 0.05) is 37.8 Å². The topological polar surface area (TPSA) is 69.7 Å². The van der Waals surface area contributed by atoms with Crippen LogP contribution in [0.1, 0.15) is 29.8 Å². The molecule has 1 fully saturated rings. The molecule has 1 heterocycles. The first-order chi connectivity index (χ1) is 10.7. The number of hydrogen-bond donors (Lipinski definition) is 1. The van der Waals surface area contributed by atoms with Gasteiger partial charge in [-0.3, -0.25) is 4.79 Å². The third kappa shape index (κ3) is 4.10. The van der Waals surface area contributed by atoms with Crippen molar-refractivity contribution in [2.24, 2.45) is 0 Å². The van der Waals surface area contributed by atoms with Gasteiger partial charge in [0.1, 0.15) is 0 Å². The summed E-state index contributed by atoms with van der Waals surface area (Å²) < 4.78 is 27.0. The molecular formula is C16H25N3O3S. The lowest BCUT2D eigenvalue weighted by Gasteiger charge is -2.31. The molecule has 0 spiro atoms. The molecule has 0 aliphatic carbocycles. The number of sulfonamides is 1. The molecule has 1 N–H and O–H groups in total. The SMILES string of the molecule is Cc1ccc(S(=O)(=O)N2CCN(C)CC2)cc1C(=O)NC(C)C. The summed E-state index contributed by atoms with van der Waals surface area (Å²) in [5.74, 6) is -0.243. The molecule has 1 saturated heterocycles. The highest BCUT2D eigenvalue weighted by atomic mass is 32.2. The summed E-state index contributed by atoms with van der Waals surface area (Å²) in [7, 11) is -1.58. The Morgan fingerprint density at radius 1 is 1.17 bits per heavy atom. The number of likely N-dealkylation sites (N-methyl/N-ethyl adjacent to an activating group) is 1. The monoisotopic (exact) mass is 339 g/mol. The van der Waals surface area contributed by atoms with Crippen molar-refractivity contribution in [3.05, 3.63) is 29.3 Å². The lowest BCUT2D eigenvalue weighted by molar-refractivity contribution is 0.0942. The summed E-state index contributed by atoms with van der Waals surface area (Å²) >= 11 is 0. The second-order valence-electron chi connectivity index (χ2n) is 6.31. The molecule has 0 saturated carbocycles. The van der Waals surface area contributed by atoms with E-state index in [0.29, 0.717) is 31.7 Å². The van der Waals surface area contributed by atoms with E-state index in [0.717, 1.165) is 5.56 Å². The van der Waals surface area contributed by atoms with E-state index < -0.39 is 10.0 Å². The van der Waals surface area contributed by atoms with Gasteiger partial charge in [-0.05, 0) is 45.5 Å². The van der Waals surface area contributed by atoms with E-state index in [4.69, 9.17) is 0 Å². The zero-order valence-electron chi connectivity index (χ0n) is 14.2. The molecule has 128 valence electrons. The van der Waals surface area contributed by atoms with Gasteiger partial charge >= 0.3 is 0 Å². The highest BCUT2D eigenvalue weighted by Crippen LogP contribution is 2.21. The Hall–Kier alpha value is -1.44.